The van der Waals surface area contributed by atoms with Crippen LogP contribution in [-0.4, -0.2) is 34.3 Å². The van der Waals surface area contributed by atoms with Crippen LogP contribution in [0.2, 0.25) is 0 Å². The third-order valence-corrected chi connectivity index (χ3v) is 19.2. The van der Waals surface area contributed by atoms with E-state index in [1.54, 1.807) is 24.3 Å². The minimum atomic E-state index is -2.98. The Hall–Kier alpha value is -2.85. The minimum absolute atomic E-state index is 0.115. The molecule has 4 aromatic carbocycles. The van der Waals surface area contributed by atoms with Crippen LogP contribution in [0.4, 0.5) is 0 Å². The van der Waals surface area contributed by atoms with Crippen molar-refractivity contribution in [2.75, 3.05) is 0 Å². The van der Waals surface area contributed by atoms with E-state index in [2.05, 4.69) is 39.8 Å². The highest BCUT2D eigenvalue weighted by atomic mass is 31.2. The van der Waals surface area contributed by atoms with E-state index in [1.807, 2.05) is 12.1 Å². The van der Waals surface area contributed by atoms with Crippen LogP contribution in [0.1, 0.15) is 276 Å². The molecule has 0 saturated heterocycles. The fraction of sp³-hybridized carbons (Fsp3) is 0.600. The Morgan fingerprint density at radius 2 is 0.525 bits per heavy atom. The van der Waals surface area contributed by atoms with E-state index in [-0.39, 0.29) is 28.9 Å². The Morgan fingerprint density at radius 3 is 0.775 bits per heavy atom. The molecule has 15 nitrogen and oxygen atoms in total. The summed E-state index contributed by atoms with van der Waals surface area (Å²) in [6.45, 7) is 8.82. The van der Waals surface area contributed by atoms with Gasteiger partial charge in [0.2, 0.25) is 0 Å². The lowest BCUT2D eigenvalue weighted by Crippen LogP contribution is -2.17. The molecule has 0 fully saturated rings. The first-order valence-electron chi connectivity index (χ1n) is 29.9. The van der Waals surface area contributed by atoms with E-state index in [1.165, 1.54) is 6.42 Å². The van der Waals surface area contributed by atoms with Gasteiger partial charge in [0.05, 0.1) is 0 Å². The molecule has 3 aliphatic heterocycles. The van der Waals surface area contributed by atoms with Crippen molar-refractivity contribution < 1.29 is 70.4 Å². The van der Waals surface area contributed by atoms with Crippen LogP contribution in [0.5, 0.6) is 46.0 Å². The summed E-state index contributed by atoms with van der Waals surface area (Å²) in [5, 5.41) is 0. The highest BCUT2D eigenvalue weighted by Crippen LogP contribution is 2.61. The largest absolute Gasteiger partial charge is 0.460 e. The zero-order valence-corrected chi connectivity index (χ0v) is 51.8. The van der Waals surface area contributed by atoms with Crippen LogP contribution in [-0.2, 0) is 0 Å². The molecule has 4 aliphatic rings. The molecule has 0 saturated carbocycles. The fourth-order valence-electron chi connectivity index (χ4n) is 12.4. The van der Waals surface area contributed by atoms with Crippen LogP contribution < -0.4 is 36.2 Å². The van der Waals surface area contributed by atoms with Crippen LogP contribution in [0.15, 0.2) is 48.5 Å². The van der Waals surface area contributed by atoms with Gasteiger partial charge in [-0.2, -0.15) is 0 Å². The van der Waals surface area contributed by atoms with Crippen molar-refractivity contribution in [3.63, 3.8) is 0 Å². The first-order chi connectivity index (χ1) is 38.9. The van der Waals surface area contributed by atoms with Crippen LogP contribution in [0.3, 0.4) is 0 Å². The second kappa shape index (κ2) is 31.9. The molecule has 80 heavy (non-hydrogen) atoms. The molecule has 0 amide bonds. The highest BCUT2D eigenvalue weighted by molar-refractivity contribution is 7.42. The summed E-state index contributed by atoms with van der Waals surface area (Å²) in [6.07, 6.45) is 27.5. The van der Waals surface area contributed by atoms with Crippen molar-refractivity contribution >= 4 is 43.0 Å². The fourth-order valence-corrected chi connectivity index (χ4v) is 15.1. The molecule has 0 spiro atoms. The number of benzene rings is 4. The van der Waals surface area contributed by atoms with Gasteiger partial charge < -0.3 is 70.4 Å². The van der Waals surface area contributed by atoms with Crippen molar-refractivity contribution in [3.05, 3.63) is 93.0 Å². The second-order valence-electron chi connectivity index (χ2n) is 22.1. The van der Waals surface area contributed by atoms with Crippen molar-refractivity contribution in [3.8, 4) is 46.0 Å². The molecule has 7 N–H and O–H groups in total. The van der Waals surface area contributed by atoms with Gasteiger partial charge >= 0.3 is 43.0 Å². The first kappa shape index (κ1) is 63.2. The second-order valence-corrected chi connectivity index (χ2v) is 26.0. The quantitative estimate of drug-likeness (QED) is 0.0179. The van der Waals surface area contributed by atoms with Gasteiger partial charge in [0.1, 0.15) is 46.0 Å². The SMILES string of the molecule is CCCCCCCCC1c2cc3c(cc2OP(O)O)OP(O)Oc2cc4c(cc2C3CCCCCCCC)C(CCCCCCCC)c2cc3c(cc2OP(O)O4)OP(O)Oc2cc(OP(O)O)c1cc2C3CCCCCCCC. The molecular weight excluding hydrogens is 1120 g/mol. The normalized spacial score (nSPS) is 20.5. The van der Waals surface area contributed by atoms with Gasteiger partial charge in [-0.05, 0) is 49.9 Å². The molecular formula is C60H87O15P5. The van der Waals surface area contributed by atoms with Gasteiger partial charge in [-0.15, -0.1) is 0 Å². The van der Waals surface area contributed by atoms with Crippen molar-refractivity contribution in [1.82, 2.24) is 0 Å². The summed E-state index contributed by atoms with van der Waals surface area (Å²) in [7, 11) is -13.9. The third kappa shape index (κ3) is 16.7. The maximum atomic E-state index is 11.8. The molecule has 442 valence electrons. The molecule has 0 radical (unpaired) electrons. The van der Waals surface area contributed by atoms with Crippen molar-refractivity contribution in [2.45, 2.75) is 231 Å². The first-order valence-corrected chi connectivity index (χ1v) is 35.6. The zero-order chi connectivity index (χ0) is 56.5. The van der Waals surface area contributed by atoms with Crippen LogP contribution >= 0.6 is 43.0 Å². The average molecular weight is 1200 g/mol. The average Bonchev–Trinajstić information content (AvgIpc) is 3.42. The predicted octanol–water partition coefficient (Wildman–Crippen LogP) is 18.7. The van der Waals surface area contributed by atoms with Crippen molar-refractivity contribution in [1.29, 1.82) is 0 Å². The lowest BCUT2D eigenvalue weighted by Gasteiger charge is -2.35. The van der Waals surface area contributed by atoms with E-state index < -0.39 is 60.8 Å². The summed E-state index contributed by atoms with van der Waals surface area (Å²) < 4.78 is 50.7. The highest BCUT2D eigenvalue weighted by Gasteiger charge is 2.40. The molecule has 8 bridgehead atoms. The maximum Gasteiger partial charge on any atom is 0.460 e. The molecule has 4 aromatic rings. The zero-order valence-electron chi connectivity index (χ0n) is 47.4. The molecule has 3 heterocycles. The number of hydrogen-bond acceptors (Lipinski definition) is 15. The van der Waals surface area contributed by atoms with Gasteiger partial charge in [-0.1, -0.05) is 182 Å². The van der Waals surface area contributed by atoms with Crippen LogP contribution in [0, 0.1) is 0 Å². The summed E-state index contributed by atoms with van der Waals surface area (Å²) in [5.74, 6) is 0.446. The number of hydrogen-bond donors (Lipinski definition) is 7. The third-order valence-electron chi connectivity index (χ3n) is 16.4. The predicted molar refractivity (Wildman–Crippen MR) is 320 cm³/mol. The Labute approximate surface area is 481 Å². The molecule has 1 aliphatic carbocycles. The van der Waals surface area contributed by atoms with E-state index in [4.69, 9.17) is 36.2 Å². The summed E-state index contributed by atoms with van der Waals surface area (Å²) in [5.41, 5.74) is 5.93. The van der Waals surface area contributed by atoms with Crippen LogP contribution in [0.25, 0.3) is 0 Å². The maximum absolute atomic E-state index is 11.8. The Bertz CT molecular complexity index is 2430. The Morgan fingerprint density at radius 1 is 0.312 bits per heavy atom. The van der Waals surface area contributed by atoms with Crippen molar-refractivity contribution in [2.24, 2.45) is 0 Å². The summed E-state index contributed by atoms with van der Waals surface area (Å²) >= 11 is 0. The van der Waals surface area contributed by atoms with E-state index in [9.17, 15) is 34.3 Å². The van der Waals surface area contributed by atoms with Gasteiger partial charge in [0.15, 0.2) is 0 Å². The van der Waals surface area contributed by atoms with E-state index in [0.29, 0.717) is 59.8 Å². The number of fused-ring (bicyclic) bond motifs is 2. The topological polar surface area (TPSA) is 215 Å². The Kier molecular flexibility index (Phi) is 25.2. The standard InChI is InChI=1S/C60H87O15P5/c1-5-9-13-17-21-25-29-41-45-33-47-42(30-26-22-18-14-10-6-2)49-35-51-44(32-28-24-20-16-12-8-4)52-36-50-43(31-27-23-19-15-11-7-3)48-34-46(41)54(69-77(63)64)38-56(48)71-79(66)73-58(50)40-60(52)75-80(67)74-59(51)39-57(49)72-78(65)70-55(47)37-53(45)68-76(61)62/h33-44,61-67H,5-32H2,1-4H3. The van der Waals surface area contributed by atoms with E-state index >= 15 is 0 Å². The lowest BCUT2D eigenvalue weighted by atomic mass is 9.76. The summed E-state index contributed by atoms with van der Waals surface area (Å²) in [6, 6.07) is 15.1. The van der Waals surface area contributed by atoms with Gasteiger partial charge in [0, 0.05) is 92.4 Å². The molecule has 4 unspecified atom stereocenters. The Balaban J connectivity index is 1.46. The molecule has 0 aromatic heterocycles. The monoisotopic (exact) mass is 1200 g/mol. The molecule has 4 atom stereocenters. The molecule has 8 rings (SSSR count). The van der Waals surface area contributed by atoms with E-state index in [0.717, 1.165) is 181 Å². The number of unbranched alkanes of at least 4 members (excludes halogenated alkanes) is 20. The van der Waals surface area contributed by atoms with Gasteiger partial charge in [-0.25, -0.2) is 0 Å². The minimum Gasteiger partial charge on any atom is -0.427 e. The number of rotatable bonds is 32. The van der Waals surface area contributed by atoms with Gasteiger partial charge in [-0.3, -0.25) is 0 Å². The lowest BCUT2D eigenvalue weighted by molar-refractivity contribution is 0.357. The summed E-state index contributed by atoms with van der Waals surface area (Å²) in [4.78, 5) is 78.7. The van der Waals surface area contributed by atoms with Gasteiger partial charge in [0.25, 0.3) is 0 Å². The molecule has 20 heteroatoms. The smallest absolute Gasteiger partial charge is 0.427 e.